The van der Waals surface area contributed by atoms with Crippen LogP contribution in [0.3, 0.4) is 0 Å². The number of pyridine rings is 2. The summed E-state index contributed by atoms with van der Waals surface area (Å²) < 4.78 is 23.9. The van der Waals surface area contributed by atoms with Gasteiger partial charge in [-0.3, -0.25) is 0 Å². The molecule has 2 aromatic heterocycles. The minimum absolute atomic E-state index is 0.0109. The minimum Gasteiger partial charge on any atom is -0.495 e. The van der Waals surface area contributed by atoms with Crippen molar-refractivity contribution in [1.82, 2.24) is 20.6 Å². The van der Waals surface area contributed by atoms with E-state index < -0.39 is 5.82 Å². The van der Waals surface area contributed by atoms with Crippen molar-refractivity contribution in [2.45, 2.75) is 19.9 Å². The molecule has 0 unspecified atom stereocenters. The summed E-state index contributed by atoms with van der Waals surface area (Å²) in [6, 6.07) is 5.33. The van der Waals surface area contributed by atoms with Gasteiger partial charge in [0.05, 0.1) is 20.9 Å². The number of halogens is 1. The highest BCUT2D eigenvalue weighted by Gasteiger charge is 2.08. The van der Waals surface area contributed by atoms with Crippen molar-refractivity contribution in [2.75, 3.05) is 26.2 Å². The van der Waals surface area contributed by atoms with E-state index in [-0.39, 0.29) is 5.88 Å². The maximum atomic E-state index is 13.7. The molecule has 0 spiro atoms. The highest BCUT2D eigenvalue weighted by atomic mass is 19.1. The van der Waals surface area contributed by atoms with Crippen LogP contribution in [0.25, 0.3) is 0 Å². The maximum absolute atomic E-state index is 13.7. The minimum atomic E-state index is -0.484. The molecule has 0 amide bonds. The molecule has 1 aliphatic rings. The van der Waals surface area contributed by atoms with Crippen molar-refractivity contribution in [2.24, 2.45) is 0 Å². The molecule has 2 aromatic rings. The summed E-state index contributed by atoms with van der Waals surface area (Å²) in [7, 11) is 3.04. The van der Waals surface area contributed by atoms with Crippen molar-refractivity contribution in [3.63, 3.8) is 0 Å². The third-order valence-electron chi connectivity index (χ3n) is 4.58. The summed E-state index contributed by atoms with van der Waals surface area (Å²) in [5, 5.41) is 9.55. The number of nitrogens with zero attached hydrogens (tertiary/aromatic N) is 2. The van der Waals surface area contributed by atoms with Gasteiger partial charge in [0, 0.05) is 37.8 Å². The molecule has 0 radical (unpaired) electrons. The lowest BCUT2D eigenvalue weighted by molar-refractivity contribution is 0.303. The largest absolute Gasteiger partial charge is 0.495 e. The molecule has 158 valence electrons. The van der Waals surface area contributed by atoms with E-state index in [1.165, 1.54) is 13.2 Å². The Morgan fingerprint density at radius 3 is 2.57 bits per heavy atom. The van der Waals surface area contributed by atoms with Crippen LogP contribution in [0.15, 0.2) is 66.0 Å². The van der Waals surface area contributed by atoms with E-state index >= 15 is 0 Å². The van der Waals surface area contributed by atoms with Gasteiger partial charge in [0.15, 0.2) is 5.82 Å². The van der Waals surface area contributed by atoms with Crippen molar-refractivity contribution in [3.05, 3.63) is 82.9 Å². The second-order valence-electron chi connectivity index (χ2n) is 6.75. The van der Waals surface area contributed by atoms with Gasteiger partial charge in [0.25, 0.3) is 0 Å². The first-order valence-corrected chi connectivity index (χ1v) is 9.55. The average molecular weight is 411 g/mol. The molecule has 0 atom stereocenters. The summed E-state index contributed by atoms with van der Waals surface area (Å²) in [6.07, 6.45) is 9.97. The molecule has 7 nitrogen and oxygen atoms in total. The van der Waals surface area contributed by atoms with Crippen molar-refractivity contribution < 1.29 is 13.9 Å². The normalized spacial score (nSPS) is 19.1. The third-order valence-corrected chi connectivity index (χ3v) is 4.58. The van der Waals surface area contributed by atoms with Crippen LogP contribution in [0.2, 0.25) is 0 Å². The number of ether oxygens (including phenoxy) is 2. The van der Waals surface area contributed by atoms with Gasteiger partial charge in [-0.25, -0.2) is 14.4 Å². The van der Waals surface area contributed by atoms with Crippen LogP contribution in [-0.4, -0.2) is 30.9 Å². The van der Waals surface area contributed by atoms with Crippen LogP contribution in [0, 0.1) is 5.82 Å². The third kappa shape index (κ3) is 5.73. The second kappa shape index (κ2) is 10.3. The van der Waals surface area contributed by atoms with E-state index in [1.807, 2.05) is 36.8 Å². The van der Waals surface area contributed by atoms with E-state index in [0.29, 0.717) is 24.6 Å². The van der Waals surface area contributed by atoms with E-state index in [2.05, 4.69) is 32.8 Å². The highest BCUT2D eigenvalue weighted by molar-refractivity contribution is 5.41. The zero-order valence-corrected chi connectivity index (χ0v) is 17.3. The number of hydrogen-bond acceptors (Lipinski definition) is 7. The van der Waals surface area contributed by atoms with Crippen LogP contribution in [0.5, 0.6) is 5.88 Å². The summed E-state index contributed by atoms with van der Waals surface area (Å²) >= 11 is 0. The fraction of sp³-hybridized carbons (Fsp3) is 0.273. The van der Waals surface area contributed by atoms with Gasteiger partial charge in [-0.15, -0.1) is 0 Å². The Morgan fingerprint density at radius 2 is 1.87 bits per heavy atom. The summed E-state index contributed by atoms with van der Waals surface area (Å²) in [5.74, 6) is 0.979. The van der Waals surface area contributed by atoms with Gasteiger partial charge >= 0.3 is 0 Å². The average Bonchev–Trinajstić information content (AvgIpc) is 2.84. The molecule has 0 fully saturated rings. The standard InChI is InChI=1S/C22H26FN5O2/c1-15-6-19(29-2)13-25-14-24-12-18(15)7-16-4-5-21(26-9-16)27-10-17-8-20(23)22(30-3)28-11-17/h4-6,8-9,11-13,24-25H,7,10,14H2,1-3H3,(H,26,27)/b15-6+,18-12-,19-13+. The lowest BCUT2D eigenvalue weighted by atomic mass is 10.0. The Bertz CT molecular complexity index is 955. The van der Waals surface area contributed by atoms with Crippen LogP contribution in [0.1, 0.15) is 18.1 Å². The fourth-order valence-corrected chi connectivity index (χ4v) is 2.91. The fourth-order valence-electron chi connectivity index (χ4n) is 2.91. The topological polar surface area (TPSA) is 80.3 Å². The Balaban J connectivity index is 1.63. The van der Waals surface area contributed by atoms with Crippen LogP contribution in [-0.2, 0) is 17.7 Å². The molecule has 3 rings (SSSR count). The lowest BCUT2D eigenvalue weighted by Gasteiger charge is -2.11. The highest BCUT2D eigenvalue weighted by Crippen LogP contribution is 2.19. The van der Waals surface area contributed by atoms with Crippen molar-refractivity contribution in [3.8, 4) is 5.88 Å². The zero-order chi connectivity index (χ0) is 21.3. The molecular weight excluding hydrogens is 385 g/mol. The predicted molar refractivity (Wildman–Crippen MR) is 114 cm³/mol. The van der Waals surface area contributed by atoms with Gasteiger partial charge in [-0.1, -0.05) is 6.07 Å². The molecule has 0 bridgehead atoms. The molecular formula is C22H26FN5O2. The van der Waals surface area contributed by atoms with E-state index in [1.54, 1.807) is 13.3 Å². The van der Waals surface area contributed by atoms with Gasteiger partial charge < -0.3 is 25.4 Å². The smallest absolute Gasteiger partial charge is 0.250 e. The Hall–Kier alpha value is -3.55. The molecule has 1 aliphatic heterocycles. The SMILES string of the molecule is COC1=C\NCN\C=C(Cc2ccc(NCc3cnc(OC)c(F)c3)nc2)/C(C)=C/1. The lowest BCUT2D eigenvalue weighted by Crippen LogP contribution is -2.21. The molecule has 0 aliphatic carbocycles. The Kier molecular flexibility index (Phi) is 7.26. The van der Waals surface area contributed by atoms with Gasteiger partial charge in [0.1, 0.15) is 11.6 Å². The number of hydrogen-bond donors (Lipinski definition) is 3. The monoisotopic (exact) mass is 411 g/mol. The van der Waals surface area contributed by atoms with Gasteiger partial charge in [-0.2, -0.15) is 0 Å². The maximum Gasteiger partial charge on any atom is 0.250 e. The van der Waals surface area contributed by atoms with E-state index in [0.717, 1.165) is 28.9 Å². The molecule has 0 saturated carbocycles. The number of nitrogens with one attached hydrogen (secondary N) is 3. The van der Waals surface area contributed by atoms with Crippen molar-refractivity contribution >= 4 is 5.82 Å². The molecule has 0 aromatic carbocycles. The first-order chi connectivity index (χ1) is 14.6. The number of aromatic nitrogens is 2. The van der Waals surface area contributed by atoms with Gasteiger partial charge in [0.2, 0.25) is 5.88 Å². The van der Waals surface area contributed by atoms with Crippen LogP contribution < -0.4 is 20.7 Å². The Morgan fingerprint density at radius 1 is 1.07 bits per heavy atom. The van der Waals surface area contributed by atoms with Gasteiger partial charge in [-0.05, 0) is 47.4 Å². The molecule has 3 N–H and O–H groups in total. The first-order valence-electron chi connectivity index (χ1n) is 9.55. The number of methoxy groups -OCH3 is 2. The summed E-state index contributed by atoms with van der Waals surface area (Å²) in [6.45, 7) is 3.08. The van der Waals surface area contributed by atoms with Crippen molar-refractivity contribution in [1.29, 1.82) is 0 Å². The summed E-state index contributed by atoms with van der Waals surface area (Å²) in [5.41, 5.74) is 4.03. The van der Waals surface area contributed by atoms with E-state index in [4.69, 9.17) is 9.47 Å². The number of allylic oxidation sites excluding steroid dienone is 3. The quantitative estimate of drug-likeness (QED) is 0.645. The second-order valence-corrected chi connectivity index (χ2v) is 6.75. The summed E-state index contributed by atoms with van der Waals surface area (Å²) in [4.78, 5) is 8.40. The Labute approximate surface area is 175 Å². The van der Waals surface area contributed by atoms with E-state index in [9.17, 15) is 4.39 Å². The van der Waals surface area contributed by atoms with Crippen LogP contribution >= 0.6 is 0 Å². The molecule has 3 heterocycles. The van der Waals surface area contributed by atoms with Crippen LogP contribution in [0.4, 0.5) is 10.2 Å². The predicted octanol–water partition coefficient (Wildman–Crippen LogP) is 3.25. The molecule has 8 heteroatoms. The number of rotatable bonds is 7. The number of anilines is 1. The molecule has 30 heavy (non-hydrogen) atoms. The first kappa shape index (κ1) is 21.2. The molecule has 0 saturated heterocycles. The zero-order valence-electron chi connectivity index (χ0n) is 17.3.